The lowest BCUT2D eigenvalue weighted by Crippen LogP contribution is -2.53. The van der Waals surface area contributed by atoms with Gasteiger partial charge >= 0.3 is 6.09 Å². The van der Waals surface area contributed by atoms with Crippen molar-refractivity contribution in [2.75, 3.05) is 0 Å². The van der Waals surface area contributed by atoms with Crippen LogP contribution < -0.4 is 16.4 Å². The highest BCUT2D eigenvalue weighted by Crippen LogP contribution is 2.08. The Morgan fingerprint density at radius 2 is 1.69 bits per heavy atom. The van der Waals surface area contributed by atoms with Crippen LogP contribution >= 0.6 is 0 Å². The summed E-state index contributed by atoms with van der Waals surface area (Å²) in [6, 6.07) is 7.30. The van der Waals surface area contributed by atoms with Crippen molar-refractivity contribution in [3.8, 4) is 0 Å². The van der Waals surface area contributed by atoms with Crippen molar-refractivity contribution in [1.29, 1.82) is 0 Å². The highest BCUT2D eigenvalue weighted by Gasteiger charge is 2.27. The van der Waals surface area contributed by atoms with Gasteiger partial charge < -0.3 is 21.1 Å². The van der Waals surface area contributed by atoms with E-state index in [4.69, 9.17) is 10.5 Å². The molecule has 0 heterocycles. The van der Waals surface area contributed by atoms with E-state index in [-0.39, 0.29) is 31.1 Å². The molecule has 3 amide bonds. The molecule has 29 heavy (non-hydrogen) atoms. The van der Waals surface area contributed by atoms with Crippen LogP contribution in [0.3, 0.4) is 0 Å². The van der Waals surface area contributed by atoms with Crippen LogP contribution in [0.25, 0.3) is 0 Å². The number of Topliss-reactive ketones (excluding diaryl/α,β-unsaturated/α-hetero) is 1. The van der Waals surface area contributed by atoms with Gasteiger partial charge in [0.15, 0.2) is 0 Å². The zero-order chi connectivity index (χ0) is 21.8. The van der Waals surface area contributed by atoms with Crippen LogP contribution in [0, 0.1) is 5.92 Å². The van der Waals surface area contributed by atoms with Gasteiger partial charge in [0.25, 0.3) is 0 Å². The largest absolute Gasteiger partial charge is 0.445 e. The van der Waals surface area contributed by atoms with Gasteiger partial charge in [0.1, 0.15) is 24.5 Å². The number of alkyl carbamates (subject to hydrolysis) is 1. The monoisotopic (exact) mass is 405 g/mol. The molecule has 0 saturated carbocycles. The lowest BCUT2D eigenvalue weighted by molar-refractivity contribution is -0.129. The molecule has 2 atom stereocenters. The molecule has 8 nitrogen and oxygen atoms in total. The summed E-state index contributed by atoms with van der Waals surface area (Å²) in [5.41, 5.74) is 6.17. The van der Waals surface area contributed by atoms with Crippen molar-refractivity contribution in [2.24, 2.45) is 11.7 Å². The Kier molecular flexibility index (Phi) is 10.4. The summed E-state index contributed by atoms with van der Waals surface area (Å²) in [6.07, 6.45) is 0.244. The Labute approximate surface area is 171 Å². The summed E-state index contributed by atoms with van der Waals surface area (Å²) in [5, 5.41) is 5.09. The van der Waals surface area contributed by atoms with Gasteiger partial charge in [-0.05, 0) is 24.3 Å². The van der Waals surface area contributed by atoms with Crippen molar-refractivity contribution in [1.82, 2.24) is 10.6 Å². The molecule has 160 valence electrons. The molecule has 0 aliphatic heterocycles. The topological polar surface area (TPSA) is 128 Å². The van der Waals surface area contributed by atoms with Gasteiger partial charge in [-0.1, -0.05) is 51.1 Å². The van der Waals surface area contributed by atoms with Gasteiger partial charge in [-0.15, -0.1) is 0 Å². The van der Waals surface area contributed by atoms with Crippen LogP contribution in [0.15, 0.2) is 30.3 Å². The first-order chi connectivity index (χ1) is 13.7. The molecular weight excluding hydrogens is 374 g/mol. The molecule has 8 heteroatoms. The number of nitrogens with one attached hydrogen (secondary N) is 2. The number of carbonyl (C=O) groups excluding carboxylic acids is 4. The van der Waals surface area contributed by atoms with Gasteiger partial charge in [0.05, 0.1) is 0 Å². The van der Waals surface area contributed by atoms with Gasteiger partial charge in [0, 0.05) is 12.8 Å². The molecule has 0 bridgehead atoms. The highest BCUT2D eigenvalue weighted by molar-refractivity contribution is 5.91. The number of ketones is 1. The molecule has 0 spiro atoms. The second-order valence-electron chi connectivity index (χ2n) is 7.28. The van der Waals surface area contributed by atoms with E-state index in [1.165, 1.54) is 0 Å². The number of nitrogens with two attached hydrogens (primary N) is 1. The molecule has 1 aromatic rings. The number of carbonyl (C=O) groups is 4. The summed E-state index contributed by atoms with van der Waals surface area (Å²) in [6.45, 7) is 5.61. The van der Waals surface area contributed by atoms with Crippen molar-refractivity contribution in [3.05, 3.63) is 35.9 Å². The Morgan fingerprint density at radius 1 is 1.03 bits per heavy atom. The molecule has 0 radical (unpaired) electrons. The van der Waals surface area contributed by atoms with E-state index in [0.717, 1.165) is 5.56 Å². The van der Waals surface area contributed by atoms with E-state index in [0.29, 0.717) is 12.8 Å². The molecule has 4 N–H and O–H groups in total. The second-order valence-corrected chi connectivity index (χ2v) is 7.28. The normalized spacial score (nSPS) is 12.7. The van der Waals surface area contributed by atoms with E-state index < -0.39 is 30.0 Å². The summed E-state index contributed by atoms with van der Waals surface area (Å²) in [7, 11) is 0. The fourth-order valence-electron chi connectivity index (χ4n) is 2.65. The standard InChI is InChI=1S/C21H31N3O5/c1-4-16(25)10-11-17(19(22)26)23-20(27)18(12-14(2)3)24-21(28)29-13-15-8-6-5-7-9-15/h5-9,14,17-18H,4,10-13H2,1-3H3,(H2,22,26)(H,23,27)(H,24,28)/t17-,18+/m1/s1. The minimum atomic E-state index is -0.977. The van der Waals surface area contributed by atoms with Crippen molar-refractivity contribution in [3.63, 3.8) is 0 Å². The number of amides is 3. The smallest absolute Gasteiger partial charge is 0.408 e. The van der Waals surface area contributed by atoms with Crippen molar-refractivity contribution in [2.45, 2.75) is 65.1 Å². The summed E-state index contributed by atoms with van der Waals surface area (Å²) in [5.74, 6) is -1.18. The number of primary amides is 1. The third-order valence-corrected chi connectivity index (χ3v) is 4.29. The maximum absolute atomic E-state index is 12.6. The van der Waals surface area contributed by atoms with E-state index in [1.54, 1.807) is 6.92 Å². The van der Waals surface area contributed by atoms with Crippen molar-refractivity contribution >= 4 is 23.7 Å². The van der Waals surface area contributed by atoms with Gasteiger partial charge in [-0.2, -0.15) is 0 Å². The quantitative estimate of drug-likeness (QED) is 0.490. The number of ether oxygens (including phenoxy) is 1. The number of rotatable bonds is 12. The average Bonchev–Trinajstić information content (AvgIpc) is 2.68. The molecule has 0 aliphatic carbocycles. The third-order valence-electron chi connectivity index (χ3n) is 4.29. The molecule has 1 rings (SSSR count). The minimum Gasteiger partial charge on any atom is -0.445 e. The predicted molar refractivity (Wildman–Crippen MR) is 109 cm³/mol. The second kappa shape index (κ2) is 12.5. The van der Waals surface area contributed by atoms with Crippen LogP contribution in [0.1, 0.15) is 52.0 Å². The average molecular weight is 405 g/mol. The fourth-order valence-corrected chi connectivity index (χ4v) is 2.65. The van der Waals surface area contributed by atoms with Gasteiger partial charge in [-0.25, -0.2) is 4.79 Å². The highest BCUT2D eigenvalue weighted by atomic mass is 16.5. The first-order valence-corrected chi connectivity index (χ1v) is 9.81. The molecule has 0 aliphatic rings. The Balaban J connectivity index is 2.68. The van der Waals surface area contributed by atoms with Gasteiger partial charge in [0.2, 0.25) is 11.8 Å². The van der Waals surface area contributed by atoms with E-state index >= 15 is 0 Å². The first-order valence-electron chi connectivity index (χ1n) is 9.81. The SMILES string of the molecule is CCC(=O)CC[C@@H](NC(=O)[C@H](CC(C)C)NC(=O)OCc1ccccc1)C(N)=O. The first kappa shape index (κ1) is 24.1. The lowest BCUT2D eigenvalue weighted by Gasteiger charge is -2.23. The zero-order valence-electron chi connectivity index (χ0n) is 17.3. The van der Waals surface area contributed by atoms with Crippen LogP contribution in [-0.4, -0.2) is 35.8 Å². The molecule has 1 aromatic carbocycles. The number of hydrogen-bond acceptors (Lipinski definition) is 5. The third kappa shape index (κ3) is 9.73. The summed E-state index contributed by atoms with van der Waals surface area (Å²) in [4.78, 5) is 47.9. The molecule has 0 fully saturated rings. The van der Waals surface area contributed by atoms with Crippen LogP contribution in [0.5, 0.6) is 0 Å². The maximum atomic E-state index is 12.6. The minimum absolute atomic E-state index is 0.0214. The van der Waals surface area contributed by atoms with E-state index in [1.807, 2.05) is 44.2 Å². The fraction of sp³-hybridized carbons (Fsp3) is 0.524. The number of benzene rings is 1. The maximum Gasteiger partial charge on any atom is 0.408 e. The summed E-state index contributed by atoms with van der Waals surface area (Å²) >= 11 is 0. The summed E-state index contributed by atoms with van der Waals surface area (Å²) < 4.78 is 5.17. The van der Waals surface area contributed by atoms with E-state index in [9.17, 15) is 19.2 Å². The molecule has 0 saturated heterocycles. The van der Waals surface area contributed by atoms with E-state index in [2.05, 4.69) is 10.6 Å². The van der Waals surface area contributed by atoms with Crippen LogP contribution in [0.4, 0.5) is 4.79 Å². The van der Waals surface area contributed by atoms with Crippen LogP contribution in [0.2, 0.25) is 0 Å². The van der Waals surface area contributed by atoms with Crippen molar-refractivity contribution < 1.29 is 23.9 Å². The predicted octanol–water partition coefficient (Wildman–Crippen LogP) is 2.06. The zero-order valence-corrected chi connectivity index (χ0v) is 17.3. The Hall–Kier alpha value is -2.90. The molecule has 0 unspecified atom stereocenters. The Morgan fingerprint density at radius 3 is 2.24 bits per heavy atom. The number of hydrogen-bond donors (Lipinski definition) is 3. The molecular formula is C21H31N3O5. The molecule has 0 aromatic heterocycles. The van der Waals surface area contributed by atoms with Crippen LogP contribution in [-0.2, 0) is 25.7 Å². The Bertz CT molecular complexity index is 691. The van der Waals surface area contributed by atoms with Gasteiger partial charge in [-0.3, -0.25) is 14.4 Å². The lowest BCUT2D eigenvalue weighted by atomic mass is 10.0.